The van der Waals surface area contributed by atoms with Crippen LogP contribution >= 0.6 is 0 Å². The molecule has 0 nitrogen and oxygen atoms in total. The van der Waals surface area contributed by atoms with Crippen molar-refractivity contribution in [1.82, 2.24) is 0 Å². The van der Waals surface area contributed by atoms with Crippen molar-refractivity contribution in [1.29, 1.82) is 0 Å². The minimum absolute atomic E-state index is 1.25. The molecule has 0 saturated heterocycles. The summed E-state index contributed by atoms with van der Waals surface area (Å²) in [5.74, 6) is 0. The molecular weight excluding hydrogens is 384 g/mol. The average molecular weight is 411 g/mol. The molecule has 0 bridgehead atoms. The second-order valence-electron chi connectivity index (χ2n) is 8.34. The Hall–Kier alpha value is -3.90. The lowest BCUT2D eigenvalue weighted by Crippen LogP contribution is -1.91. The molecule has 0 aliphatic carbocycles. The molecule has 32 heavy (non-hydrogen) atoms. The molecular formula is C32H26. The number of benzene rings is 5. The third-order valence-corrected chi connectivity index (χ3v) is 6.17. The Morgan fingerprint density at radius 1 is 0.312 bits per heavy atom. The first-order valence-electron chi connectivity index (χ1n) is 11.1. The fraction of sp³-hybridized carbons (Fsp3) is 0.0625. The molecule has 0 aliphatic heterocycles. The fourth-order valence-electron chi connectivity index (χ4n) is 4.50. The lowest BCUT2D eigenvalue weighted by molar-refractivity contribution is 1.43. The normalized spacial score (nSPS) is 10.8. The maximum Gasteiger partial charge on any atom is -0.0103 e. The minimum Gasteiger partial charge on any atom is -0.0622 e. The lowest BCUT2D eigenvalue weighted by atomic mass is 9.88. The Bertz CT molecular complexity index is 1250. The summed E-state index contributed by atoms with van der Waals surface area (Å²) in [5, 5.41) is 0. The van der Waals surface area contributed by atoms with E-state index in [2.05, 4.69) is 135 Å². The van der Waals surface area contributed by atoms with Crippen molar-refractivity contribution < 1.29 is 0 Å². The molecule has 5 aromatic carbocycles. The van der Waals surface area contributed by atoms with E-state index >= 15 is 0 Å². The van der Waals surface area contributed by atoms with Crippen LogP contribution in [0.4, 0.5) is 0 Å². The van der Waals surface area contributed by atoms with Crippen LogP contribution in [0.3, 0.4) is 0 Å². The van der Waals surface area contributed by atoms with Crippen LogP contribution in [0.5, 0.6) is 0 Å². The zero-order chi connectivity index (χ0) is 21.9. The van der Waals surface area contributed by atoms with Gasteiger partial charge in [-0.3, -0.25) is 0 Å². The second kappa shape index (κ2) is 8.69. The first kappa shape index (κ1) is 20.0. The van der Waals surface area contributed by atoms with E-state index in [0.29, 0.717) is 0 Å². The van der Waals surface area contributed by atoms with Gasteiger partial charge in [0, 0.05) is 0 Å². The molecule has 0 heterocycles. The SMILES string of the molecule is Cc1cc(-c2ccccc2)ccc1-c1ccccc1-c1ccc(-c2ccccc2)cc1C. The van der Waals surface area contributed by atoms with Crippen molar-refractivity contribution in [2.45, 2.75) is 13.8 Å². The van der Waals surface area contributed by atoms with Crippen LogP contribution in [-0.2, 0) is 0 Å². The smallest absolute Gasteiger partial charge is 0.0103 e. The van der Waals surface area contributed by atoms with Gasteiger partial charge >= 0.3 is 0 Å². The van der Waals surface area contributed by atoms with Crippen molar-refractivity contribution >= 4 is 0 Å². The molecule has 0 N–H and O–H groups in total. The zero-order valence-electron chi connectivity index (χ0n) is 18.5. The van der Waals surface area contributed by atoms with Crippen molar-refractivity contribution in [3.05, 3.63) is 132 Å². The average Bonchev–Trinajstić information content (AvgIpc) is 2.85. The second-order valence-corrected chi connectivity index (χ2v) is 8.34. The van der Waals surface area contributed by atoms with Crippen molar-refractivity contribution in [3.8, 4) is 44.5 Å². The van der Waals surface area contributed by atoms with E-state index in [9.17, 15) is 0 Å². The molecule has 0 fully saturated rings. The van der Waals surface area contributed by atoms with Crippen LogP contribution < -0.4 is 0 Å². The minimum atomic E-state index is 1.25. The van der Waals surface area contributed by atoms with Crippen LogP contribution in [0.25, 0.3) is 44.5 Å². The van der Waals surface area contributed by atoms with Crippen LogP contribution in [0.2, 0.25) is 0 Å². The van der Waals surface area contributed by atoms with Crippen LogP contribution in [-0.4, -0.2) is 0 Å². The van der Waals surface area contributed by atoms with Crippen LogP contribution in [0.15, 0.2) is 121 Å². The summed E-state index contributed by atoms with van der Waals surface area (Å²) in [6, 6.07) is 43.5. The molecule has 154 valence electrons. The molecule has 0 saturated carbocycles. The Kier molecular flexibility index (Phi) is 5.44. The predicted octanol–water partition coefficient (Wildman–Crippen LogP) is 8.97. The lowest BCUT2D eigenvalue weighted by Gasteiger charge is -2.16. The highest BCUT2D eigenvalue weighted by Crippen LogP contribution is 2.37. The summed E-state index contributed by atoms with van der Waals surface area (Å²) in [5.41, 5.74) is 12.7. The van der Waals surface area contributed by atoms with Gasteiger partial charge in [-0.25, -0.2) is 0 Å². The van der Waals surface area contributed by atoms with E-state index in [1.807, 2.05) is 0 Å². The first-order valence-corrected chi connectivity index (χ1v) is 11.1. The van der Waals surface area contributed by atoms with Gasteiger partial charge in [0.05, 0.1) is 0 Å². The van der Waals surface area contributed by atoms with Gasteiger partial charge in [-0.15, -0.1) is 0 Å². The summed E-state index contributed by atoms with van der Waals surface area (Å²) in [7, 11) is 0. The third-order valence-electron chi connectivity index (χ3n) is 6.17. The van der Waals surface area contributed by atoms with Crippen molar-refractivity contribution in [2.75, 3.05) is 0 Å². The Morgan fingerprint density at radius 2 is 0.688 bits per heavy atom. The molecule has 0 heteroatoms. The highest BCUT2D eigenvalue weighted by Gasteiger charge is 2.12. The molecule has 0 amide bonds. The molecule has 0 aliphatic rings. The zero-order valence-corrected chi connectivity index (χ0v) is 18.5. The Morgan fingerprint density at radius 3 is 1.06 bits per heavy atom. The molecule has 0 spiro atoms. The van der Waals surface area contributed by atoms with Gasteiger partial charge in [0.25, 0.3) is 0 Å². The monoisotopic (exact) mass is 410 g/mol. The van der Waals surface area contributed by atoms with E-state index in [4.69, 9.17) is 0 Å². The van der Waals surface area contributed by atoms with Gasteiger partial charge in [0.1, 0.15) is 0 Å². The molecule has 0 aromatic heterocycles. The molecule has 0 radical (unpaired) electrons. The highest BCUT2D eigenvalue weighted by atomic mass is 14.2. The third kappa shape index (κ3) is 3.88. The molecule has 5 rings (SSSR count). The topological polar surface area (TPSA) is 0 Å². The van der Waals surface area contributed by atoms with E-state index in [0.717, 1.165) is 0 Å². The maximum absolute atomic E-state index is 2.30. The van der Waals surface area contributed by atoms with Gasteiger partial charge < -0.3 is 0 Å². The van der Waals surface area contributed by atoms with E-state index < -0.39 is 0 Å². The van der Waals surface area contributed by atoms with Crippen molar-refractivity contribution in [2.24, 2.45) is 0 Å². The first-order chi connectivity index (χ1) is 15.7. The van der Waals surface area contributed by atoms with Gasteiger partial charge in [0.2, 0.25) is 0 Å². The summed E-state index contributed by atoms with van der Waals surface area (Å²) in [6.07, 6.45) is 0. The van der Waals surface area contributed by atoms with Gasteiger partial charge in [0.15, 0.2) is 0 Å². The Labute approximate surface area is 190 Å². The number of rotatable bonds is 4. The van der Waals surface area contributed by atoms with E-state index in [1.54, 1.807) is 0 Å². The fourth-order valence-corrected chi connectivity index (χ4v) is 4.50. The quantitative estimate of drug-likeness (QED) is 0.277. The van der Waals surface area contributed by atoms with Gasteiger partial charge in [-0.2, -0.15) is 0 Å². The van der Waals surface area contributed by atoms with E-state index in [-0.39, 0.29) is 0 Å². The molecule has 0 unspecified atom stereocenters. The Balaban J connectivity index is 1.57. The largest absolute Gasteiger partial charge is 0.0622 e. The van der Waals surface area contributed by atoms with Gasteiger partial charge in [-0.05, 0) is 69.5 Å². The molecule has 5 aromatic rings. The maximum atomic E-state index is 2.30. The summed E-state index contributed by atoms with van der Waals surface area (Å²) < 4.78 is 0. The number of hydrogen-bond acceptors (Lipinski definition) is 0. The standard InChI is InChI=1S/C32H26/c1-23-21-27(25-11-5-3-6-12-25)17-19-29(23)31-15-9-10-16-32(31)30-20-18-28(22-24(30)2)26-13-7-4-8-14-26/h3-22H,1-2H3. The van der Waals surface area contributed by atoms with Crippen molar-refractivity contribution in [3.63, 3.8) is 0 Å². The predicted molar refractivity (Wildman–Crippen MR) is 138 cm³/mol. The highest BCUT2D eigenvalue weighted by molar-refractivity contribution is 5.87. The van der Waals surface area contributed by atoms with Crippen LogP contribution in [0, 0.1) is 13.8 Å². The van der Waals surface area contributed by atoms with Gasteiger partial charge in [-0.1, -0.05) is 121 Å². The number of aryl methyl sites for hydroxylation is 2. The van der Waals surface area contributed by atoms with Crippen LogP contribution in [0.1, 0.15) is 11.1 Å². The molecule has 0 atom stereocenters. The summed E-state index contributed by atoms with van der Waals surface area (Å²) in [4.78, 5) is 0. The summed E-state index contributed by atoms with van der Waals surface area (Å²) >= 11 is 0. The number of hydrogen-bond donors (Lipinski definition) is 0. The van der Waals surface area contributed by atoms with E-state index in [1.165, 1.54) is 55.6 Å². The summed E-state index contributed by atoms with van der Waals surface area (Å²) in [6.45, 7) is 4.42.